The molecule has 1 N–H and O–H groups in total. The molecule has 1 aromatic heterocycles. The Morgan fingerprint density at radius 2 is 1.79 bits per heavy atom. The van der Waals surface area contributed by atoms with Crippen molar-refractivity contribution in [2.24, 2.45) is 0 Å². The summed E-state index contributed by atoms with van der Waals surface area (Å²) in [6.07, 6.45) is 1.74. The first-order valence-corrected chi connectivity index (χ1v) is 10.9. The van der Waals surface area contributed by atoms with Crippen LogP contribution in [0, 0.1) is 6.92 Å². The molecule has 1 saturated heterocycles. The summed E-state index contributed by atoms with van der Waals surface area (Å²) in [5.41, 5.74) is 0.900. The van der Waals surface area contributed by atoms with E-state index in [1.165, 1.54) is 41.7 Å². The lowest BCUT2D eigenvalue weighted by Crippen LogP contribution is -2.31. The minimum atomic E-state index is -3.50. The largest absolute Gasteiger partial charge is 0.496 e. The van der Waals surface area contributed by atoms with Gasteiger partial charge in [0.1, 0.15) is 5.75 Å². The highest BCUT2D eigenvalue weighted by molar-refractivity contribution is 7.89. The van der Waals surface area contributed by atoms with Gasteiger partial charge < -0.3 is 14.6 Å². The molecule has 1 aromatic carbocycles. The van der Waals surface area contributed by atoms with Crippen molar-refractivity contribution < 1.29 is 17.9 Å². The average Bonchev–Trinajstić information content (AvgIpc) is 3.25. The maximum absolute atomic E-state index is 12.5. The molecule has 0 unspecified atom stereocenters. The van der Waals surface area contributed by atoms with Crippen molar-refractivity contribution in [2.45, 2.75) is 31.2 Å². The zero-order valence-electron chi connectivity index (χ0n) is 16.6. The molecule has 0 spiro atoms. The second-order valence-electron chi connectivity index (χ2n) is 6.92. The molecule has 1 amide bonds. The average molecular weight is 420 g/mol. The van der Waals surface area contributed by atoms with Gasteiger partial charge in [-0.15, -0.1) is 0 Å². The fourth-order valence-electron chi connectivity index (χ4n) is 3.34. The summed E-state index contributed by atoms with van der Waals surface area (Å²) in [4.78, 5) is 24.7. The summed E-state index contributed by atoms with van der Waals surface area (Å²) >= 11 is 0. The van der Waals surface area contributed by atoms with E-state index >= 15 is 0 Å². The molecule has 0 radical (unpaired) electrons. The number of methoxy groups -OCH3 is 1. The monoisotopic (exact) mass is 419 g/mol. The van der Waals surface area contributed by atoms with Gasteiger partial charge in [0.2, 0.25) is 10.0 Å². The molecular formula is C20H25N3O5S. The van der Waals surface area contributed by atoms with Gasteiger partial charge in [-0.2, -0.15) is 4.31 Å². The maximum atomic E-state index is 12.5. The number of ether oxygens (including phenoxy) is 1. The smallest absolute Gasteiger partial charge is 0.254 e. The Morgan fingerprint density at radius 1 is 1.14 bits per heavy atom. The SMILES string of the molecule is COc1cc(C)n(CCNC(=O)c2ccc(S(=O)(=O)N3CCCC3)cc2)c(=O)c1. The molecular weight excluding hydrogens is 394 g/mol. The number of hydrogen-bond donors (Lipinski definition) is 1. The predicted octanol–water partition coefficient (Wildman–Crippen LogP) is 1.38. The fraction of sp³-hybridized carbons (Fsp3) is 0.400. The molecule has 0 saturated carbocycles. The molecule has 0 aliphatic carbocycles. The molecule has 2 heterocycles. The number of aromatic nitrogens is 1. The van der Waals surface area contributed by atoms with Crippen molar-refractivity contribution in [3.63, 3.8) is 0 Å². The molecule has 8 nitrogen and oxygen atoms in total. The van der Waals surface area contributed by atoms with Crippen LogP contribution in [0.25, 0.3) is 0 Å². The number of benzene rings is 1. The van der Waals surface area contributed by atoms with Gasteiger partial charge in [0.25, 0.3) is 11.5 Å². The summed E-state index contributed by atoms with van der Waals surface area (Å²) in [6.45, 7) is 3.45. The number of sulfonamides is 1. The molecule has 0 atom stereocenters. The van der Waals surface area contributed by atoms with E-state index in [0.29, 0.717) is 30.9 Å². The van der Waals surface area contributed by atoms with Gasteiger partial charge in [0, 0.05) is 43.5 Å². The van der Waals surface area contributed by atoms with Crippen LogP contribution in [0.1, 0.15) is 28.9 Å². The Kier molecular flexibility index (Phi) is 6.39. The van der Waals surface area contributed by atoms with Gasteiger partial charge in [-0.1, -0.05) is 0 Å². The summed E-state index contributed by atoms with van der Waals surface area (Å²) in [5.74, 6) is 0.172. The molecule has 0 bridgehead atoms. The van der Waals surface area contributed by atoms with E-state index in [4.69, 9.17) is 4.74 Å². The van der Waals surface area contributed by atoms with E-state index in [9.17, 15) is 18.0 Å². The van der Waals surface area contributed by atoms with Crippen molar-refractivity contribution in [2.75, 3.05) is 26.7 Å². The lowest BCUT2D eigenvalue weighted by atomic mass is 10.2. The first-order chi connectivity index (χ1) is 13.8. The molecule has 1 fully saturated rings. The van der Waals surface area contributed by atoms with Gasteiger partial charge in [-0.05, 0) is 50.1 Å². The van der Waals surface area contributed by atoms with Gasteiger partial charge in [0.05, 0.1) is 12.0 Å². The number of hydrogen-bond acceptors (Lipinski definition) is 5. The van der Waals surface area contributed by atoms with Crippen LogP contribution in [0.15, 0.2) is 46.1 Å². The van der Waals surface area contributed by atoms with Crippen molar-refractivity contribution in [3.05, 3.63) is 58.0 Å². The van der Waals surface area contributed by atoms with E-state index in [-0.39, 0.29) is 22.9 Å². The molecule has 1 aliphatic rings. The quantitative estimate of drug-likeness (QED) is 0.731. The second-order valence-corrected chi connectivity index (χ2v) is 8.86. The predicted molar refractivity (Wildman–Crippen MR) is 109 cm³/mol. The van der Waals surface area contributed by atoms with E-state index in [0.717, 1.165) is 18.5 Å². The Hall–Kier alpha value is -2.65. The second kappa shape index (κ2) is 8.79. The van der Waals surface area contributed by atoms with Crippen LogP contribution in [0.2, 0.25) is 0 Å². The van der Waals surface area contributed by atoms with E-state index in [2.05, 4.69) is 5.32 Å². The fourth-order valence-corrected chi connectivity index (χ4v) is 4.86. The number of nitrogens with one attached hydrogen (secondary N) is 1. The zero-order valence-corrected chi connectivity index (χ0v) is 17.4. The lowest BCUT2D eigenvalue weighted by molar-refractivity contribution is 0.0952. The van der Waals surface area contributed by atoms with E-state index < -0.39 is 10.0 Å². The normalized spacial score (nSPS) is 14.7. The third-order valence-electron chi connectivity index (χ3n) is 4.98. The first kappa shape index (κ1) is 21.1. The van der Waals surface area contributed by atoms with Gasteiger partial charge in [-0.25, -0.2) is 8.42 Å². The molecule has 2 aromatic rings. The molecule has 3 rings (SSSR count). The Balaban J connectivity index is 1.61. The summed E-state index contributed by atoms with van der Waals surface area (Å²) in [7, 11) is -2.00. The van der Waals surface area contributed by atoms with Gasteiger partial charge in [-0.3, -0.25) is 9.59 Å². The van der Waals surface area contributed by atoms with Crippen LogP contribution in [-0.4, -0.2) is 49.9 Å². The number of carbonyl (C=O) groups excluding carboxylic acids is 1. The van der Waals surface area contributed by atoms with Gasteiger partial charge >= 0.3 is 0 Å². The molecule has 29 heavy (non-hydrogen) atoms. The van der Waals surface area contributed by atoms with Crippen LogP contribution < -0.4 is 15.6 Å². The highest BCUT2D eigenvalue weighted by Crippen LogP contribution is 2.21. The molecule has 1 aliphatic heterocycles. The van der Waals surface area contributed by atoms with Crippen LogP contribution in [0.4, 0.5) is 0 Å². The Labute approximate surface area is 170 Å². The number of nitrogens with zero attached hydrogens (tertiary/aromatic N) is 2. The van der Waals surface area contributed by atoms with Crippen molar-refractivity contribution >= 4 is 15.9 Å². The third kappa shape index (κ3) is 4.68. The molecule has 156 valence electrons. The van der Waals surface area contributed by atoms with Crippen LogP contribution in [0.3, 0.4) is 0 Å². The van der Waals surface area contributed by atoms with Gasteiger partial charge in [0.15, 0.2) is 0 Å². The third-order valence-corrected chi connectivity index (χ3v) is 6.90. The van der Waals surface area contributed by atoms with Crippen molar-refractivity contribution in [1.82, 2.24) is 14.2 Å². The lowest BCUT2D eigenvalue weighted by Gasteiger charge is -2.15. The summed E-state index contributed by atoms with van der Waals surface area (Å²) in [5, 5.41) is 2.75. The Morgan fingerprint density at radius 3 is 2.38 bits per heavy atom. The molecule has 9 heteroatoms. The minimum Gasteiger partial charge on any atom is -0.496 e. The van der Waals surface area contributed by atoms with E-state index in [1.807, 2.05) is 0 Å². The summed E-state index contributed by atoms with van der Waals surface area (Å²) in [6, 6.07) is 9.07. The van der Waals surface area contributed by atoms with Crippen LogP contribution in [0.5, 0.6) is 5.75 Å². The number of rotatable bonds is 7. The number of amides is 1. The van der Waals surface area contributed by atoms with E-state index in [1.54, 1.807) is 17.6 Å². The highest BCUT2D eigenvalue weighted by atomic mass is 32.2. The Bertz CT molecular complexity index is 1040. The van der Waals surface area contributed by atoms with Crippen LogP contribution in [-0.2, 0) is 16.6 Å². The highest BCUT2D eigenvalue weighted by Gasteiger charge is 2.27. The van der Waals surface area contributed by atoms with Crippen molar-refractivity contribution in [1.29, 1.82) is 0 Å². The topological polar surface area (TPSA) is 97.7 Å². The number of aryl methyl sites for hydroxylation is 1. The number of carbonyl (C=O) groups is 1. The number of pyridine rings is 1. The minimum absolute atomic E-state index is 0.191. The summed E-state index contributed by atoms with van der Waals surface area (Å²) < 4.78 is 33.2. The first-order valence-electron chi connectivity index (χ1n) is 9.47. The standard InChI is InChI=1S/C20H25N3O5S/c1-15-13-17(28-2)14-19(24)23(15)12-9-21-20(25)16-5-7-18(8-6-16)29(26,27)22-10-3-4-11-22/h5-8,13-14H,3-4,9-12H2,1-2H3,(H,21,25). The van der Waals surface area contributed by atoms with Crippen molar-refractivity contribution in [3.8, 4) is 5.75 Å². The zero-order chi connectivity index (χ0) is 21.0. The van der Waals surface area contributed by atoms with Crippen LogP contribution >= 0.6 is 0 Å². The maximum Gasteiger partial charge on any atom is 0.254 e.